The molecular formula is C13H8Br2N4. The monoisotopic (exact) mass is 378 g/mol. The Labute approximate surface area is 126 Å². The van der Waals surface area contributed by atoms with E-state index in [0.29, 0.717) is 5.82 Å². The zero-order chi connectivity index (χ0) is 13.2. The summed E-state index contributed by atoms with van der Waals surface area (Å²) in [4.78, 5) is 4.41. The minimum absolute atomic E-state index is 0.702. The Bertz CT molecular complexity index is 724. The van der Waals surface area contributed by atoms with E-state index in [1.165, 1.54) is 0 Å². The summed E-state index contributed by atoms with van der Waals surface area (Å²) in [6.45, 7) is 0. The summed E-state index contributed by atoms with van der Waals surface area (Å²) < 4.78 is 3.65. The van der Waals surface area contributed by atoms with Gasteiger partial charge in [0.15, 0.2) is 5.82 Å². The van der Waals surface area contributed by atoms with Crippen molar-refractivity contribution in [3.8, 4) is 17.2 Å². The molecule has 0 fully saturated rings. The van der Waals surface area contributed by atoms with Gasteiger partial charge in [0.1, 0.15) is 16.6 Å². The lowest BCUT2D eigenvalue weighted by molar-refractivity contribution is 1.04. The molecule has 0 bridgehead atoms. The smallest absolute Gasteiger partial charge is 0.187 e. The van der Waals surface area contributed by atoms with Gasteiger partial charge in [0.05, 0.1) is 5.69 Å². The van der Waals surface area contributed by atoms with Crippen molar-refractivity contribution in [2.75, 3.05) is 0 Å². The van der Waals surface area contributed by atoms with Gasteiger partial charge < -0.3 is 0 Å². The normalized spacial score (nSPS) is 10.6. The number of benzene rings is 1. The highest BCUT2D eigenvalue weighted by molar-refractivity contribution is 9.10. The number of para-hydroxylation sites is 1. The molecule has 6 heteroatoms. The van der Waals surface area contributed by atoms with Crippen molar-refractivity contribution in [2.24, 2.45) is 0 Å². The molecule has 2 heterocycles. The van der Waals surface area contributed by atoms with Gasteiger partial charge in [-0.1, -0.05) is 18.2 Å². The van der Waals surface area contributed by atoms with Crippen LogP contribution in [0.1, 0.15) is 0 Å². The molecule has 0 atom stereocenters. The third kappa shape index (κ3) is 2.46. The molecule has 0 saturated heterocycles. The van der Waals surface area contributed by atoms with E-state index in [2.05, 4.69) is 47.0 Å². The standard InChI is InChI=1S/C13H8Br2N4/c14-9-4-1-2-6-11(9)19-8-16-18-13(19)10-5-3-7-12(15)17-10/h1-8H. The number of rotatable bonds is 2. The van der Waals surface area contributed by atoms with Crippen molar-refractivity contribution in [3.05, 3.63) is 57.9 Å². The number of hydrogen-bond acceptors (Lipinski definition) is 3. The number of halogens is 2. The molecule has 1 aromatic carbocycles. The molecule has 0 aliphatic carbocycles. The summed E-state index contributed by atoms with van der Waals surface area (Å²) in [5, 5.41) is 8.14. The maximum Gasteiger partial charge on any atom is 0.187 e. The van der Waals surface area contributed by atoms with E-state index in [0.717, 1.165) is 20.5 Å². The fraction of sp³-hybridized carbons (Fsp3) is 0. The third-order valence-corrected chi connectivity index (χ3v) is 3.72. The van der Waals surface area contributed by atoms with Gasteiger partial charge in [0.2, 0.25) is 0 Å². The number of nitrogens with zero attached hydrogens (tertiary/aromatic N) is 4. The fourth-order valence-electron chi connectivity index (χ4n) is 1.77. The first-order valence-corrected chi connectivity index (χ1v) is 7.12. The van der Waals surface area contributed by atoms with Crippen LogP contribution in [0.5, 0.6) is 0 Å². The molecule has 0 radical (unpaired) electrons. The second-order valence-electron chi connectivity index (χ2n) is 3.82. The highest BCUT2D eigenvalue weighted by atomic mass is 79.9. The summed E-state index contributed by atoms with van der Waals surface area (Å²) in [7, 11) is 0. The van der Waals surface area contributed by atoms with E-state index < -0.39 is 0 Å². The third-order valence-electron chi connectivity index (χ3n) is 2.60. The van der Waals surface area contributed by atoms with Crippen molar-refractivity contribution < 1.29 is 0 Å². The zero-order valence-electron chi connectivity index (χ0n) is 9.66. The van der Waals surface area contributed by atoms with Crippen molar-refractivity contribution in [1.82, 2.24) is 19.7 Å². The van der Waals surface area contributed by atoms with Crippen LogP contribution in [0, 0.1) is 0 Å². The Hall–Kier alpha value is -1.53. The van der Waals surface area contributed by atoms with E-state index >= 15 is 0 Å². The maximum atomic E-state index is 4.41. The SMILES string of the molecule is Brc1cccc(-c2nncn2-c2ccccc2Br)n1. The zero-order valence-corrected chi connectivity index (χ0v) is 12.8. The highest BCUT2D eigenvalue weighted by Gasteiger charge is 2.12. The van der Waals surface area contributed by atoms with Crippen LogP contribution in [0.25, 0.3) is 17.2 Å². The first-order chi connectivity index (χ1) is 9.25. The second-order valence-corrected chi connectivity index (χ2v) is 5.49. The first kappa shape index (κ1) is 12.5. The topological polar surface area (TPSA) is 43.6 Å². The van der Waals surface area contributed by atoms with E-state index in [1.54, 1.807) is 6.33 Å². The average molecular weight is 380 g/mol. The Kier molecular flexibility index (Phi) is 3.44. The number of hydrogen-bond donors (Lipinski definition) is 0. The summed E-state index contributed by atoms with van der Waals surface area (Å²) in [6, 6.07) is 13.6. The molecule has 2 aromatic heterocycles. The van der Waals surface area contributed by atoms with Crippen molar-refractivity contribution in [1.29, 1.82) is 0 Å². The van der Waals surface area contributed by atoms with Gasteiger partial charge in [0.25, 0.3) is 0 Å². The fourth-order valence-corrected chi connectivity index (χ4v) is 2.59. The molecule has 19 heavy (non-hydrogen) atoms. The van der Waals surface area contributed by atoms with Crippen LogP contribution in [-0.4, -0.2) is 19.7 Å². The summed E-state index contributed by atoms with van der Waals surface area (Å²) >= 11 is 6.90. The molecule has 0 aliphatic heterocycles. The van der Waals surface area contributed by atoms with E-state index in [9.17, 15) is 0 Å². The van der Waals surface area contributed by atoms with Crippen molar-refractivity contribution in [2.45, 2.75) is 0 Å². The highest BCUT2D eigenvalue weighted by Crippen LogP contribution is 2.25. The first-order valence-electron chi connectivity index (χ1n) is 5.53. The van der Waals surface area contributed by atoms with Gasteiger partial charge in [-0.15, -0.1) is 10.2 Å². The molecule has 0 unspecified atom stereocenters. The predicted molar refractivity (Wildman–Crippen MR) is 80.0 cm³/mol. The number of aromatic nitrogens is 4. The van der Waals surface area contributed by atoms with Gasteiger partial charge in [-0.3, -0.25) is 4.57 Å². The van der Waals surface area contributed by atoms with Gasteiger partial charge in [-0.2, -0.15) is 0 Å². The second kappa shape index (κ2) is 5.22. The Morgan fingerprint density at radius 1 is 0.947 bits per heavy atom. The molecule has 0 amide bonds. The molecule has 0 aliphatic rings. The van der Waals surface area contributed by atoms with Crippen molar-refractivity contribution >= 4 is 31.9 Å². The van der Waals surface area contributed by atoms with E-state index in [4.69, 9.17) is 0 Å². The largest absolute Gasteiger partial charge is 0.279 e. The summed E-state index contributed by atoms with van der Waals surface area (Å²) in [6.07, 6.45) is 1.68. The Balaban J connectivity index is 2.16. The van der Waals surface area contributed by atoms with Crippen LogP contribution in [0.4, 0.5) is 0 Å². The van der Waals surface area contributed by atoms with Crippen LogP contribution in [0.15, 0.2) is 57.9 Å². The van der Waals surface area contributed by atoms with Crippen LogP contribution in [-0.2, 0) is 0 Å². The molecule has 94 valence electrons. The Morgan fingerprint density at radius 3 is 2.58 bits per heavy atom. The average Bonchev–Trinajstić information content (AvgIpc) is 2.88. The van der Waals surface area contributed by atoms with Gasteiger partial charge in [-0.05, 0) is 56.1 Å². The van der Waals surface area contributed by atoms with Gasteiger partial charge in [0, 0.05) is 4.47 Å². The van der Waals surface area contributed by atoms with Crippen LogP contribution in [0.2, 0.25) is 0 Å². The summed E-state index contributed by atoms with van der Waals surface area (Å²) in [5.41, 5.74) is 1.74. The van der Waals surface area contributed by atoms with E-state index in [1.807, 2.05) is 47.0 Å². The van der Waals surface area contributed by atoms with Gasteiger partial charge in [-0.25, -0.2) is 4.98 Å². The molecule has 0 saturated carbocycles. The molecule has 0 N–H and O–H groups in total. The van der Waals surface area contributed by atoms with Crippen LogP contribution < -0.4 is 0 Å². The lowest BCUT2D eigenvalue weighted by Crippen LogP contribution is -1.98. The molecule has 3 aromatic rings. The lowest BCUT2D eigenvalue weighted by Gasteiger charge is -2.08. The summed E-state index contributed by atoms with van der Waals surface area (Å²) in [5.74, 6) is 0.702. The number of pyridine rings is 1. The van der Waals surface area contributed by atoms with Crippen LogP contribution >= 0.6 is 31.9 Å². The maximum absolute atomic E-state index is 4.41. The molecular weight excluding hydrogens is 372 g/mol. The molecule has 0 spiro atoms. The van der Waals surface area contributed by atoms with E-state index in [-0.39, 0.29) is 0 Å². The molecule has 3 rings (SSSR count). The predicted octanol–water partition coefficient (Wildman–Crippen LogP) is 3.85. The molecule has 4 nitrogen and oxygen atoms in total. The van der Waals surface area contributed by atoms with Crippen molar-refractivity contribution in [3.63, 3.8) is 0 Å². The Morgan fingerprint density at radius 2 is 1.79 bits per heavy atom. The minimum Gasteiger partial charge on any atom is -0.279 e. The van der Waals surface area contributed by atoms with Gasteiger partial charge >= 0.3 is 0 Å². The lowest BCUT2D eigenvalue weighted by atomic mass is 10.3. The quantitative estimate of drug-likeness (QED) is 0.635. The minimum atomic E-state index is 0.702. The van der Waals surface area contributed by atoms with Crippen LogP contribution in [0.3, 0.4) is 0 Å².